The Kier molecular flexibility index (Phi) is 20.1. The molecule has 0 saturated carbocycles. The van der Waals surface area contributed by atoms with Crippen molar-refractivity contribution in [3.05, 3.63) is 212 Å². The second kappa shape index (κ2) is 27.5. The highest BCUT2D eigenvalue weighted by Gasteiger charge is 2.24. The minimum absolute atomic E-state index is 0.0278. The SMILES string of the molecule is CCOC(=O)Cc1cc(C(=O)OC)c(OC)c2ncc(Cc3ccc(F)cc3)cc12.CCc1cc(C(=O)OC)c(O)c2ncc(Cc3ccc(F)cc3)cc12.CCc1cc(C(=O)OC)c(OC)c2ncc(Cc3ccc(F)cc3)cc12. The number of phenols is 1. The van der Waals surface area contributed by atoms with Gasteiger partial charge in [-0.15, -0.1) is 0 Å². The van der Waals surface area contributed by atoms with E-state index in [1.165, 1.54) is 71.9 Å². The van der Waals surface area contributed by atoms with Crippen molar-refractivity contribution >= 4 is 56.6 Å². The molecule has 0 aliphatic rings. The summed E-state index contributed by atoms with van der Waals surface area (Å²) in [7, 11) is 6.85. The third-order valence-corrected chi connectivity index (χ3v) is 13.2. The molecule has 1 N–H and O–H groups in total. The molecule has 0 spiro atoms. The van der Waals surface area contributed by atoms with E-state index in [0.717, 1.165) is 61.7 Å². The number of phenolic OH excluding ortho intramolecular Hbond substituents is 1. The van der Waals surface area contributed by atoms with Gasteiger partial charge in [0.1, 0.15) is 50.7 Å². The predicted molar refractivity (Wildman–Crippen MR) is 301 cm³/mol. The second-order valence-corrected chi connectivity index (χ2v) is 18.5. The number of methoxy groups -OCH3 is 5. The molecule has 0 bridgehead atoms. The summed E-state index contributed by atoms with van der Waals surface area (Å²) in [5.74, 6) is -2.34. The molecule has 0 atom stereocenters. The summed E-state index contributed by atoms with van der Waals surface area (Å²) >= 11 is 0. The van der Waals surface area contributed by atoms with Gasteiger partial charge in [-0.25, -0.2) is 27.6 Å². The lowest BCUT2D eigenvalue weighted by Crippen LogP contribution is -2.11. The first kappa shape index (κ1) is 59.3. The molecule has 81 heavy (non-hydrogen) atoms. The molecule has 9 rings (SSSR count). The Balaban J connectivity index is 0.000000176. The smallest absolute Gasteiger partial charge is 0.341 e. The fourth-order valence-electron chi connectivity index (χ4n) is 9.25. The molecule has 9 aromatic rings. The van der Waals surface area contributed by atoms with Crippen molar-refractivity contribution in [3.63, 3.8) is 0 Å². The molecule has 0 fully saturated rings. The van der Waals surface area contributed by atoms with Crippen LogP contribution in [0.3, 0.4) is 0 Å². The van der Waals surface area contributed by atoms with Gasteiger partial charge in [-0.1, -0.05) is 50.2 Å². The van der Waals surface area contributed by atoms with E-state index in [2.05, 4.69) is 15.0 Å². The van der Waals surface area contributed by atoms with Crippen LogP contribution < -0.4 is 9.47 Å². The lowest BCUT2D eigenvalue weighted by atomic mass is 9.97. The molecule has 418 valence electrons. The zero-order valence-corrected chi connectivity index (χ0v) is 46.1. The molecule has 3 aromatic heterocycles. The topological polar surface area (TPSA) is 183 Å². The number of aromatic hydroxyl groups is 1. The number of aromatic nitrogens is 3. The third-order valence-electron chi connectivity index (χ3n) is 13.2. The Morgan fingerprint density at radius 2 is 0.778 bits per heavy atom. The molecular weight excluding hydrogens is 1040 g/mol. The Labute approximate surface area is 466 Å². The largest absolute Gasteiger partial charge is 0.505 e. The zero-order chi connectivity index (χ0) is 58.3. The highest BCUT2D eigenvalue weighted by molar-refractivity contribution is 6.04. The van der Waals surface area contributed by atoms with Crippen molar-refractivity contribution in [2.45, 2.75) is 59.3 Å². The number of esters is 4. The molecular formula is C64H60F3N3O11. The van der Waals surface area contributed by atoms with Crippen LogP contribution in [0.15, 0.2) is 128 Å². The number of carbonyl (C=O) groups excluding carboxylic acids is 4. The summed E-state index contributed by atoms with van der Waals surface area (Å²) in [6, 6.07) is 29.9. The number of fused-ring (bicyclic) bond motifs is 3. The molecule has 0 amide bonds. The van der Waals surface area contributed by atoms with Crippen LogP contribution in [0, 0.1) is 17.5 Å². The van der Waals surface area contributed by atoms with Crippen molar-refractivity contribution in [1.29, 1.82) is 0 Å². The maximum absolute atomic E-state index is 13.2. The van der Waals surface area contributed by atoms with Crippen LogP contribution in [0.1, 0.15) is 102 Å². The van der Waals surface area contributed by atoms with Crippen LogP contribution in [0.4, 0.5) is 13.2 Å². The highest BCUT2D eigenvalue weighted by Crippen LogP contribution is 2.36. The summed E-state index contributed by atoms with van der Waals surface area (Å²) < 4.78 is 69.7. The average molecular weight is 1100 g/mol. The van der Waals surface area contributed by atoms with Crippen LogP contribution in [0.2, 0.25) is 0 Å². The molecule has 17 heteroatoms. The number of carbonyl (C=O) groups is 4. The zero-order valence-electron chi connectivity index (χ0n) is 46.1. The summed E-state index contributed by atoms with van der Waals surface area (Å²) in [4.78, 5) is 61.7. The Morgan fingerprint density at radius 3 is 1.14 bits per heavy atom. The Hall–Kier alpha value is -9.38. The van der Waals surface area contributed by atoms with E-state index in [1.54, 1.807) is 80.1 Å². The summed E-state index contributed by atoms with van der Waals surface area (Å²) in [5.41, 5.74) is 10.3. The quantitative estimate of drug-likeness (QED) is 0.0712. The van der Waals surface area contributed by atoms with Crippen molar-refractivity contribution in [3.8, 4) is 17.2 Å². The normalized spacial score (nSPS) is 10.8. The fraction of sp³-hybridized carbons (Fsp3) is 0.234. The van der Waals surface area contributed by atoms with Crippen LogP contribution in [-0.2, 0) is 62.3 Å². The number of halogens is 3. The van der Waals surface area contributed by atoms with E-state index in [-0.39, 0.29) is 53.1 Å². The van der Waals surface area contributed by atoms with Crippen LogP contribution >= 0.6 is 0 Å². The number of ether oxygens (including phenoxy) is 6. The van der Waals surface area contributed by atoms with Crippen LogP contribution in [0.5, 0.6) is 17.2 Å². The van der Waals surface area contributed by atoms with Crippen LogP contribution in [-0.4, -0.2) is 86.1 Å². The second-order valence-electron chi connectivity index (χ2n) is 18.5. The van der Waals surface area contributed by atoms with Crippen LogP contribution in [0.25, 0.3) is 32.7 Å². The minimum Gasteiger partial charge on any atom is -0.505 e. The predicted octanol–water partition coefficient (Wildman–Crippen LogP) is 12.2. The van der Waals surface area contributed by atoms with Gasteiger partial charge >= 0.3 is 23.9 Å². The number of hydrogen-bond donors (Lipinski definition) is 1. The lowest BCUT2D eigenvalue weighted by molar-refractivity contribution is -0.142. The average Bonchev–Trinajstić information content (AvgIpc) is 3.50. The molecule has 0 aliphatic heterocycles. The van der Waals surface area contributed by atoms with Gasteiger partial charge in [0, 0.05) is 34.7 Å². The van der Waals surface area contributed by atoms with Gasteiger partial charge in [-0.3, -0.25) is 19.7 Å². The van der Waals surface area contributed by atoms with Gasteiger partial charge in [-0.2, -0.15) is 0 Å². The number of aryl methyl sites for hydroxylation is 2. The molecule has 3 heterocycles. The van der Waals surface area contributed by atoms with Crippen molar-refractivity contribution in [2.75, 3.05) is 42.2 Å². The molecule has 14 nitrogen and oxygen atoms in total. The van der Waals surface area contributed by atoms with E-state index >= 15 is 0 Å². The maximum Gasteiger partial charge on any atom is 0.341 e. The minimum atomic E-state index is -0.591. The van der Waals surface area contributed by atoms with Crippen molar-refractivity contribution < 1.29 is 65.9 Å². The van der Waals surface area contributed by atoms with Crippen molar-refractivity contribution in [1.82, 2.24) is 15.0 Å². The standard InChI is InChI=1S/C23H22FNO5.C21H20FNO3.C20H18FNO3/c1-4-30-20(26)12-16-11-19(23(27)29-3)22(28-2)21-18(16)10-15(13-25-21)9-14-5-7-17(24)8-6-14;1-4-15-11-18(21(24)26-3)20(25-2)19-17(15)10-14(12-23-19)9-13-5-7-16(22)8-6-13;1-3-14-10-17(20(24)25-2)19(23)18-16(14)9-13(11-22-18)8-12-4-6-15(21)7-5-12/h5-8,10-11,13H,4,9,12H2,1-3H3;5-8,10-12H,4,9H2,1-3H3;4-7,9-11,23H,3,8H2,1-2H3. The molecule has 0 radical (unpaired) electrons. The van der Waals surface area contributed by atoms with E-state index in [1.807, 2.05) is 32.0 Å². The number of benzene rings is 6. The van der Waals surface area contributed by atoms with Crippen molar-refractivity contribution in [2.24, 2.45) is 0 Å². The fourth-order valence-corrected chi connectivity index (χ4v) is 9.25. The molecule has 0 saturated heterocycles. The van der Waals surface area contributed by atoms with Gasteiger partial charge in [-0.05, 0) is 162 Å². The first-order chi connectivity index (χ1) is 39.1. The van der Waals surface area contributed by atoms with Gasteiger partial charge < -0.3 is 33.5 Å². The summed E-state index contributed by atoms with van der Waals surface area (Å²) in [6.45, 7) is 5.98. The first-order valence-corrected chi connectivity index (χ1v) is 25.8. The molecule has 0 aliphatic carbocycles. The van der Waals surface area contributed by atoms with E-state index in [9.17, 15) is 37.5 Å². The van der Waals surface area contributed by atoms with Gasteiger partial charge in [0.2, 0.25) is 0 Å². The number of nitrogens with zero attached hydrogens (tertiary/aromatic N) is 3. The number of pyridine rings is 3. The van der Waals surface area contributed by atoms with E-state index < -0.39 is 23.9 Å². The summed E-state index contributed by atoms with van der Waals surface area (Å²) in [6.07, 6.45) is 8.27. The van der Waals surface area contributed by atoms with Gasteiger partial charge in [0.25, 0.3) is 0 Å². The molecule has 0 unspecified atom stereocenters. The monoisotopic (exact) mass is 1100 g/mol. The van der Waals surface area contributed by atoms with E-state index in [4.69, 9.17) is 28.4 Å². The Morgan fingerprint density at radius 1 is 0.444 bits per heavy atom. The van der Waals surface area contributed by atoms with Gasteiger partial charge in [0.15, 0.2) is 17.2 Å². The first-order valence-electron chi connectivity index (χ1n) is 25.8. The van der Waals surface area contributed by atoms with Gasteiger partial charge in [0.05, 0.1) is 48.6 Å². The number of rotatable bonds is 16. The highest BCUT2D eigenvalue weighted by atomic mass is 19.1. The van der Waals surface area contributed by atoms with E-state index in [0.29, 0.717) is 64.5 Å². The maximum atomic E-state index is 13.2. The third kappa shape index (κ3) is 14.3. The molecule has 6 aromatic carbocycles. The Bertz CT molecular complexity index is 3740. The lowest BCUT2D eigenvalue weighted by Gasteiger charge is -2.15. The number of hydrogen-bond acceptors (Lipinski definition) is 14. The summed E-state index contributed by atoms with van der Waals surface area (Å²) in [5, 5.41) is 12.8.